The second kappa shape index (κ2) is 14.2. The minimum Gasteiger partial charge on any atom is -0.382 e. The number of ether oxygens (including phenoxy) is 2. The second-order valence-electron chi connectivity index (χ2n) is 6.39. The number of benzene rings is 1. The van der Waals surface area contributed by atoms with Gasteiger partial charge in [0.15, 0.2) is 5.96 Å². The summed E-state index contributed by atoms with van der Waals surface area (Å²) in [6, 6.07) is 10.8. The summed E-state index contributed by atoms with van der Waals surface area (Å²) in [6.45, 7) is 8.14. The molecule has 1 N–H and O–H groups in total. The predicted octanol–water partition coefficient (Wildman–Crippen LogP) is 3.50. The molecule has 1 heterocycles. The van der Waals surface area contributed by atoms with Crippen molar-refractivity contribution in [3.63, 3.8) is 0 Å². The number of likely N-dealkylation sites (tertiary alicyclic amines) is 1. The van der Waals surface area contributed by atoms with Crippen molar-refractivity contribution in [2.24, 2.45) is 4.99 Å². The van der Waals surface area contributed by atoms with Crippen molar-refractivity contribution in [2.75, 3.05) is 53.1 Å². The summed E-state index contributed by atoms with van der Waals surface area (Å²) in [6.07, 6.45) is 3.29. The maximum atomic E-state index is 5.49. The predicted molar refractivity (Wildman–Crippen MR) is 119 cm³/mol. The molecule has 1 aliphatic rings. The Morgan fingerprint density at radius 2 is 2.00 bits per heavy atom. The molecule has 5 nitrogen and oxygen atoms in total. The van der Waals surface area contributed by atoms with E-state index in [-0.39, 0.29) is 24.0 Å². The zero-order valence-corrected chi connectivity index (χ0v) is 18.5. The Morgan fingerprint density at radius 1 is 1.19 bits per heavy atom. The number of aliphatic imine (C=N–C) groups is 1. The number of rotatable bonds is 10. The molecule has 0 amide bonds. The van der Waals surface area contributed by atoms with E-state index in [9.17, 15) is 0 Å². The number of hydrogen-bond donors (Lipinski definition) is 1. The first-order valence-electron chi connectivity index (χ1n) is 9.50. The Morgan fingerprint density at radius 3 is 2.73 bits per heavy atom. The van der Waals surface area contributed by atoms with Gasteiger partial charge in [-0.25, -0.2) is 0 Å². The number of methoxy groups -OCH3 is 1. The molecule has 1 aliphatic heterocycles. The highest BCUT2D eigenvalue weighted by Gasteiger charge is 2.25. The van der Waals surface area contributed by atoms with Crippen molar-refractivity contribution in [3.8, 4) is 0 Å². The third kappa shape index (κ3) is 8.22. The number of hydrogen-bond acceptors (Lipinski definition) is 3. The number of guanidine groups is 1. The minimum atomic E-state index is 0. The average molecular weight is 475 g/mol. The number of unbranched alkanes of at least 4 members (excludes halogenated alkanes) is 1. The molecule has 0 radical (unpaired) electrons. The van der Waals surface area contributed by atoms with Crippen LogP contribution in [0.1, 0.15) is 37.7 Å². The Balaban J connectivity index is 0.00000338. The highest BCUT2D eigenvalue weighted by molar-refractivity contribution is 14.0. The van der Waals surface area contributed by atoms with Crippen molar-refractivity contribution in [3.05, 3.63) is 35.9 Å². The Bertz CT molecular complexity index is 499. The SMILES string of the molecule is CCNC(=NCCCCOCCOC)N1CCC(c2ccccc2)C1.I. The smallest absolute Gasteiger partial charge is 0.193 e. The van der Waals surface area contributed by atoms with E-state index < -0.39 is 0 Å². The maximum absolute atomic E-state index is 5.49. The molecule has 1 aromatic carbocycles. The van der Waals surface area contributed by atoms with Gasteiger partial charge in [0.25, 0.3) is 0 Å². The lowest BCUT2D eigenvalue weighted by molar-refractivity contribution is 0.0690. The summed E-state index contributed by atoms with van der Waals surface area (Å²) < 4.78 is 10.5. The molecule has 6 heteroatoms. The van der Waals surface area contributed by atoms with Crippen molar-refractivity contribution in [1.29, 1.82) is 0 Å². The molecular weight excluding hydrogens is 441 g/mol. The van der Waals surface area contributed by atoms with Crippen LogP contribution in [-0.4, -0.2) is 64.0 Å². The van der Waals surface area contributed by atoms with E-state index in [4.69, 9.17) is 14.5 Å². The van der Waals surface area contributed by atoms with Crippen LogP contribution in [-0.2, 0) is 9.47 Å². The lowest BCUT2D eigenvalue weighted by Crippen LogP contribution is -2.40. The molecule has 1 saturated heterocycles. The maximum Gasteiger partial charge on any atom is 0.193 e. The summed E-state index contributed by atoms with van der Waals surface area (Å²) in [5, 5.41) is 3.44. The third-order valence-electron chi connectivity index (χ3n) is 4.48. The van der Waals surface area contributed by atoms with Gasteiger partial charge in [0, 0.05) is 45.8 Å². The van der Waals surface area contributed by atoms with Crippen molar-refractivity contribution in [1.82, 2.24) is 10.2 Å². The molecule has 0 aliphatic carbocycles. The first kappa shape index (κ1) is 23.2. The van der Waals surface area contributed by atoms with Gasteiger partial charge in [0.2, 0.25) is 0 Å². The van der Waals surface area contributed by atoms with Crippen molar-refractivity contribution >= 4 is 29.9 Å². The fraction of sp³-hybridized carbons (Fsp3) is 0.650. The molecule has 148 valence electrons. The van der Waals surface area contributed by atoms with Crippen LogP contribution < -0.4 is 5.32 Å². The summed E-state index contributed by atoms with van der Waals surface area (Å²) >= 11 is 0. The first-order valence-corrected chi connectivity index (χ1v) is 9.50. The van der Waals surface area contributed by atoms with E-state index >= 15 is 0 Å². The van der Waals surface area contributed by atoms with Gasteiger partial charge >= 0.3 is 0 Å². The van der Waals surface area contributed by atoms with Crippen LogP contribution in [0.4, 0.5) is 0 Å². The lowest BCUT2D eigenvalue weighted by atomic mass is 9.99. The minimum absolute atomic E-state index is 0. The fourth-order valence-corrected chi connectivity index (χ4v) is 3.12. The van der Waals surface area contributed by atoms with Gasteiger partial charge in [-0.2, -0.15) is 0 Å². The lowest BCUT2D eigenvalue weighted by Gasteiger charge is -2.21. The number of halogens is 1. The third-order valence-corrected chi connectivity index (χ3v) is 4.48. The summed E-state index contributed by atoms with van der Waals surface area (Å²) in [7, 11) is 1.70. The van der Waals surface area contributed by atoms with E-state index in [0.29, 0.717) is 19.1 Å². The van der Waals surface area contributed by atoms with Crippen LogP contribution in [0.15, 0.2) is 35.3 Å². The molecule has 0 aromatic heterocycles. The van der Waals surface area contributed by atoms with Crippen LogP contribution in [0.5, 0.6) is 0 Å². The Labute approximate surface area is 175 Å². The van der Waals surface area contributed by atoms with Gasteiger partial charge in [-0.1, -0.05) is 30.3 Å². The zero-order valence-electron chi connectivity index (χ0n) is 16.2. The molecule has 0 bridgehead atoms. The molecule has 1 aromatic rings. The van der Waals surface area contributed by atoms with Gasteiger partial charge in [0.1, 0.15) is 0 Å². The highest BCUT2D eigenvalue weighted by atomic mass is 127. The quantitative estimate of drug-likeness (QED) is 0.244. The van der Waals surface area contributed by atoms with Gasteiger partial charge in [-0.15, -0.1) is 24.0 Å². The number of nitrogens with one attached hydrogen (secondary N) is 1. The van der Waals surface area contributed by atoms with Crippen molar-refractivity contribution < 1.29 is 9.47 Å². The van der Waals surface area contributed by atoms with Gasteiger partial charge < -0.3 is 19.7 Å². The molecule has 1 unspecified atom stereocenters. The normalized spacial score (nSPS) is 17.2. The van der Waals surface area contributed by atoms with Gasteiger partial charge in [-0.3, -0.25) is 4.99 Å². The van der Waals surface area contributed by atoms with Crippen molar-refractivity contribution in [2.45, 2.75) is 32.1 Å². The first-order chi connectivity index (χ1) is 12.3. The average Bonchev–Trinajstić information content (AvgIpc) is 3.14. The van der Waals surface area contributed by atoms with Crippen LogP contribution >= 0.6 is 24.0 Å². The van der Waals surface area contributed by atoms with Crippen LogP contribution in [0, 0.1) is 0 Å². The van der Waals surface area contributed by atoms with Crippen LogP contribution in [0.2, 0.25) is 0 Å². The molecule has 26 heavy (non-hydrogen) atoms. The van der Waals surface area contributed by atoms with E-state index in [0.717, 1.165) is 51.6 Å². The summed E-state index contributed by atoms with van der Waals surface area (Å²) in [4.78, 5) is 7.21. The highest BCUT2D eigenvalue weighted by Crippen LogP contribution is 2.26. The zero-order chi connectivity index (χ0) is 17.7. The van der Waals surface area contributed by atoms with E-state index in [1.165, 1.54) is 12.0 Å². The molecular formula is C20H34IN3O2. The van der Waals surface area contributed by atoms with Gasteiger partial charge in [0.05, 0.1) is 13.2 Å². The topological polar surface area (TPSA) is 46.1 Å². The summed E-state index contributed by atoms with van der Waals surface area (Å²) in [5.74, 6) is 1.67. The standard InChI is InChI=1S/C20H33N3O2.HI/c1-3-21-20(22-12-7-8-14-25-16-15-24-2)23-13-11-19(17-23)18-9-5-4-6-10-18;/h4-6,9-10,19H,3,7-8,11-17H2,1-2H3,(H,21,22);1H. The fourth-order valence-electron chi connectivity index (χ4n) is 3.12. The molecule has 1 fully saturated rings. The summed E-state index contributed by atoms with van der Waals surface area (Å²) in [5.41, 5.74) is 1.44. The molecule has 2 rings (SSSR count). The monoisotopic (exact) mass is 475 g/mol. The van der Waals surface area contributed by atoms with E-state index in [1.807, 2.05) is 0 Å². The Hall–Kier alpha value is -0.860. The Kier molecular flexibility index (Phi) is 12.7. The van der Waals surface area contributed by atoms with E-state index in [2.05, 4.69) is 47.5 Å². The molecule has 0 spiro atoms. The second-order valence-corrected chi connectivity index (χ2v) is 6.39. The molecule has 1 atom stereocenters. The molecule has 0 saturated carbocycles. The van der Waals surface area contributed by atoms with Crippen LogP contribution in [0.25, 0.3) is 0 Å². The van der Waals surface area contributed by atoms with E-state index in [1.54, 1.807) is 7.11 Å². The van der Waals surface area contributed by atoms with Gasteiger partial charge in [-0.05, 0) is 31.7 Å². The van der Waals surface area contributed by atoms with Crippen LogP contribution in [0.3, 0.4) is 0 Å². The number of nitrogens with zero attached hydrogens (tertiary/aromatic N) is 2. The largest absolute Gasteiger partial charge is 0.382 e.